The molecule has 1 aliphatic rings. The molecular formula is C28H23N7O. The van der Waals surface area contributed by atoms with E-state index in [4.69, 9.17) is 9.72 Å². The van der Waals surface area contributed by atoms with Gasteiger partial charge in [-0.05, 0) is 55.0 Å². The first-order valence-electron chi connectivity index (χ1n) is 11.8. The number of fused-ring (bicyclic) bond motifs is 5. The quantitative estimate of drug-likeness (QED) is 0.335. The van der Waals surface area contributed by atoms with Crippen molar-refractivity contribution in [3.63, 3.8) is 0 Å². The standard InChI is InChI=1S/C28H23N7O/c1-19-7-5-10-24-27(19)31-28-34(24)23-13-12-22(16-25(23)35(28)26-11-3-4-14-29-26)36-21-9-6-8-20(15-21)33-18-32(2)17-30-33/h3-17H,18H2,1-2H3. The van der Waals surface area contributed by atoms with E-state index < -0.39 is 0 Å². The predicted molar refractivity (Wildman–Crippen MR) is 142 cm³/mol. The molecule has 7 rings (SSSR count). The van der Waals surface area contributed by atoms with Gasteiger partial charge in [0.2, 0.25) is 5.78 Å². The van der Waals surface area contributed by atoms with E-state index in [2.05, 4.69) is 56.3 Å². The Bertz CT molecular complexity index is 1780. The summed E-state index contributed by atoms with van der Waals surface area (Å²) >= 11 is 0. The molecule has 0 saturated carbocycles. The maximum Gasteiger partial charge on any atom is 0.221 e. The highest BCUT2D eigenvalue weighted by molar-refractivity contribution is 5.93. The molecule has 0 unspecified atom stereocenters. The summed E-state index contributed by atoms with van der Waals surface area (Å²) in [6, 6.07) is 26.3. The van der Waals surface area contributed by atoms with Gasteiger partial charge >= 0.3 is 0 Å². The zero-order chi connectivity index (χ0) is 24.2. The topological polar surface area (TPSA) is 63.2 Å². The summed E-state index contributed by atoms with van der Waals surface area (Å²) in [6.07, 6.45) is 3.62. The van der Waals surface area contributed by atoms with Gasteiger partial charge in [-0.1, -0.05) is 24.3 Å². The molecule has 8 heteroatoms. The number of rotatable bonds is 4. The molecule has 3 aromatic carbocycles. The lowest BCUT2D eigenvalue weighted by Gasteiger charge is -2.16. The second-order valence-electron chi connectivity index (χ2n) is 8.99. The third-order valence-corrected chi connectivity index (χ3v) is 6.47. The monoisotopic (exact) mass is 473 g/mol. The van der Waals surface area contributed by atoms with Gasteiger partial charge in [-0.15, -0.1) is 0 Å². The fraction of sp³-hybridized carbons (Fsp3) is 0.107. The zero-order valence-electron chi connectivity index (χ0n) is 19.9. The van der Waals surface area contributed by atoms with Crippen molar-refractivity contribution in [3.8, 4) is 17.3 Å². The molecule has 0 saturated heterocycles. The number of hydrogen-bond acceptors (Lipinski definition) is 6. The minimum Gasteiger partial charge on any atom is -0.457 e. The second-order valence-corrected chi connectivity index (χ2v) is 8.99. The molecule has 36 heavy (non-hydrogen) atoms. The molecule has 176 valence electrons. The molecule has 1 aliphatic heterocycles. The van der Waals surface area contributed by atoms with E-state index in [1.165, 1.54) is 0 Å². The number of imidazole rings is 2. The van der Waals surface area contributed by atoms with Gasteiger partial charge in [-0.3, -0.25) is 8.97 Å². The number of pyridine rings is 1. The van der Waals surface area contributed by atoms with E-state index in [9.17, 15) is 0 Å². The first-order chi connectivity index (χ1) is 17.7. The van der Waals surface area contributed by atoms with Gasteiger partial charge in [0.25, 0.3) is 0 Å². The molecule has 0 radical (unpaired) electrons. The van der Waals surface area contributed by atoms with Crippen LogP contribution < -0.4 is 9.75 Å². The molecule has 0 N–H and O–H groups in total. The summed E-state index contributed by atoms with van der Waals surface area (Å²) in [5.41, 5.74) is 6.20. The van der Waals surface area contributed by atoms with E-state index in [1.54, 1.807) is 6.20 Å². The molecule has 4 heterocycles. The van der Waals surface area contributed by atoms with Crippen LogP contribution in [0.2, 0.25) is 0 Å². The summed E-state index contributed by atoms with van der Waals surface area (Å²) in [4.78, 5) is 11.7. The lowest BCUT2D eigenvalue weighted by Crippen LogP contribution is -2.22. The van der Waals surface area contributed by atoms with Crippen LogP contribution in [0.1, 0.15) is 5.56 Å². The van der Waals surface area contributed by atoms with E-state index in [-0.39, 0.29) is 0 Å². The molecule has 0 fully saturated rings. The highest BCUT2D eigenvalue weighted by atomic mass is 16.5. The summed E-state index contributed by atoms with van der Waals surface area (Å²) in [6.45, 7) is 2.80. The Labute approximate surface area is 207 Å². The average Bonchev–Trinajstić information content (AvgIpc) is 3.58. The Morgan fingerprint density at radius 3 is 2.56 bits per heavy atom. The van der Waals surface area contributed by atoms with E-state index >= 15 is 0 Å². The number of anilines is 1. The molecule has 3 aromatic heterocycles. The molecular weight excluding hydrogens is 450 g/mol. The van der Waals surface area contributed by atoms with Gasteiger partial charge in [0, 0.05) is 25.4 Å². The van der Waals surface area contributed by atoms with Gasteiger partial charge in [0.15, 0.2) is 0 Å². The molecule has 0 aliphatic carbocycles. The van der Waals surface area contributed by atoms with Crippen molar-refractivity contribution in [1.82, 2.24) is 23.8 Å². The number of para-hydroxylation sites is 1. The Morgan fingerprint density at radius 1 is 0.833 bits per heavy atom. The average molecular weight is 474 g/mol. The first-order valence-corrected chi connectivity index (χ1v) is 11.8. The van der Waals surface area contributed by atoms with Crippen LogP contribution in [-0.4, -0.2) is 43.9 Å². The smallest absolute Gasteiger partial charge is 0.221 e. The first kappa shape index (κ1) is 20.5. The normalized spacial score (nSPS) is 13.5. The van der Waals surface area contributed by atoms with Gasteiger partial charge in [0.1, 0.15) is 30.3 Å². The maximum absolute atomic E-state index is 6.33. The summed E-state index contributed by atoms with van der Waals surface area (Å²) in [5, 5.41) is 6.36. The minimum atomic E-state index is 0.709. The van der Waals surface area contributed by atoms with Crippen molar-refractivity contribution in [2.45, 2.75) is 6.92 Å². The van der Waals surface area contributed by atoms with Gasteiger partial charge in [0.05, 0.1) is 27.8 Å². The van der Waals surface area contributed by atoms with Gasteiger partial charge < -0.3 is 9.64 Å². The number of aromatic nitrogens is 4. The van der Waals surface area contributed by atoms with Crippen LogP contribution in [0.5, 0.6) is 11.5 Å². The number of ether oxygens (including phenoxy) is 1. The van der Waals surface area contributed by atoms with E-state index in [0.717, 1.165) is 56.4 Å². The lowest BCUT2D eigenvalue weighted by atomic mass is 10.2. The van der Waals surface area contributed by atoms with Crippen molar-refractivity contribution in [3.05, 3.63) is 90.6 Å². The van der Waals surface area contributed by atoms with Crippen molar-refractivity contribution in [2.75, 3.05) is 18.7 Å². The van der Waals surface area contributed by atoms with Crippen LogP contribution in [0.3, 0.4) is 0 Å². The Balaban J connectivity index is 1.37. The molecule has 6 aromatic rings. The van der Waals surface area contributed by atoms with Crippen LogP contribution in [0, 0.1) is 6.92 Å². The van der Waals surface area contributed by atoms with Crippen LogP contribution in [0.25, 0.3) is 33.7 Å². The van der Waals surface area contributed by atoms with Crippen molar-refractivity contribution < 1.29 is 4.74 Å². The minimum absolute atomic E-state index is 0.709. The molecule has 0 spiro atoms. The highest BCUT2D eigenvalue weighted by Crippen LogP contribution is 2.34. The van der Waals surface area contributed by atoms with E-state index in [0.29, 0.717) is 6.67 Å². The Kier molecular flexibility index (Phi) is 4.47. The van der Waals surface area contributed by atoms with Gasteiger partial charge in [-0.2, -0.15) is 5.10 Å². The molecule has 0 bridgehead atoms. The number of hydrazone groups is 1. The van der Waals surface area contributed by atoms with Crippen LogP contribution >= 0.6 is 0 Å². The number of hydrogen-bond donors (Lipinski definition) is 0. The number of nitrogens with zero attached hydrogens (tertiary/aromatic N) is 7. The molecule has 0 amide bonds. The largest absolute Gasteiger partial charge is 0.457 e. The number of benzene rings is 3. The molecule has 0 atom stereocenters. The fourth-order valence-corrected chi connectivity index (χ4v) is 4.80. The summed E-state index contributed by atoms with van der Waals surface area (Å²) in [7, 11) is 2.00. The molecule has 8 nitrogen and oxygen atoms in total. The SMILES string of the molecule is Cc1cccc2c1nc1n(-c3ccccn3)c3cc(Oc4cccc(N5CN(C)C=N5)c4)ccc3n21. The van der Waals surface area contributed by atoms with Crippen molar-refractivity contribution in [2.24, 2.45) is 5.10 Å². The Hall–Kier alpha value is -4.85. The van der Waals surface area contributed by atoms with Crippen LogP contribution in [0.4, 0.5) is 5.69 Å². The Morgan fingerprint density at radius 2 is 1.72 bits per heavy atom. The summed E-state index contributed by atoms with van der Waals surface area (Å²) < 4.78 is 10.6. The maximum atomic E-state index is 6.33. The third-order valence-electron chi connectivity index (χ3n) is 6.47. The highest BCUT2D eigenvalue weighted by Gasteiger charge is 2.19. The van der Waals surface area contributed by atoms with Crippen molar-refractivity contribution in [1.29, 1.82) is 0 Å². The van der Waals surface area contributed by atoms with Crippen molar-refractivity contribution >= 4 is 39.9 Å². The fourth-order valence-electron chi connectivity index (χ4n) is 4.80. The van der Waals surface area contributed by atoms with Crippen LogP contribution in [0.15, 0.2) is 90.2 Å². The van der Waals surface area contributed by atoms with Gasteiger partial charge in [-0.25, -0.2) is 15.0 Å². The van der Waals surface area contributed by atoms with E-state index in [1.807, 2.05) is 71.8 Å². The zero-order valence-corrected chi connectivity index (χ0v) is 19.9. The van der Waals surface area contributed by atoms with Crippen LogP contribution in [-0.2, 0) is 0 Å². The third kappa shape index (κ3) is 3.19. The second kappa shape index (κ2) is 7.84. The number of aryl methyl sites for hydroxylation is 1. The summed E-state index contributed by atoms with van der Waals surface area (Å²) in [5.74, 6) is 3.11. The predicted octanol–water partition coefficient (Wildman–Crippen LogP) is 5.58. The lowest BCUT2D eigenvalue weighted by molar-refractivity contribution is 0.482.